The minimum Gasteiger partial charge on any atom is -0.0616 e. The molecule has 0 bridgehead atoms. The Hall–Kier alpha value is -2.42. The quantitative estimate of drug-likeness (QED) is 0.194. The molecule has 5 aromatic carbocycles. The Bertz CT molecular complexity index is 1440. The van der Waals surface area contributed by atoms with E-state index in [0.717, 1.165) is 8.95 Å². The van der Waals surface area contributed by atoms with Gasteiger partial charge in [-0.2, -0.15) is 0 Å². The lowest BCUT2D eigenvalue weighted by atomic mass is 9.75. The highest BCUT2D eigenvalue weighted by Crippen LogP contribution is 2.45. The zero-order chi connectivity index (χ0) is 22.5. The standard InChI is InChI=1S/C30H24Br2/c1-30(2,3)29-27(19-8-12-24(31)13-9-19)18-23-16-21-6-4-5-7-22(21)17-26(23)28(29)20-10-14-25(32)15-11-20/h4-18H,1-3H3. The van der Waals surface area contributed by atoms with Crippen LogP contribution in [0.1, 0.15) is 26.3 Å². The van der Waals surface area contributed by atoms with Crippen LogP contribution in [-0.2, 0) is 5.41 Å². The monoisotopic (exact) mass is 542 g/mol. The summed E-state index contributed by atoms with van der Waals surface area (Å²) in [5.41, 5.74) is 6.45. The Balaban J connectivity index is 1.98. The van der Waals surface area contributed by atoms with Crippen molar-refractivity contribution in [3.8, 4) is 22.3 Å². The van der Waals surface area contributed by atoms with Crippen LogP contribution in [0.4, 0.5) is 0 Å². The highest BCUT2D eigenvalue weighted by atomic mass is 79.9. The van der Waals surface area contributed by atoms with Gasteiger partial charge in [0.25, 0.3) is 0 Å². The van der Waals surface area contributed by atoms with Crippen molar-refractivity contribution in [1.82, 2.24) is 0 Å². The summed E-state index contributed by atoms with van der Waals surface area (Å²) in [7, 11) is 0. The minimum absolute atomic E-state index is 0.0371. The molecule has 0 nitrogen and oxygen atoms in total. The van der Waals surface area contributed by atoms with Crippen LogP contribution in [0.25, 0.3) is 43.8 Å². The molecule has 5 aromatic rings. The SMILES string of the molecule is CC(C)(C)c1c(-c2ccc(Br)cc2)cc2cc3ccccc3cc2c1-c1ccc(Br)cc1. The van der Waals surface area contributed by atoms with Gasteiger partial charge in [0.1, 0.15) is 0 Å². The minimum atomic E-state index is -0.0371. The van der Waals surface area contributed by atoms with Gasteiger partial charge in [0, 0.05) is 8.95 Å². The summed E-state index contributed by atoms with van der Waals surface area (Å²) >= 11 is 7.21. The summed E-state index contributed by atoms with van der Waals surface area (Å²) in [6.07, 6.45) is 0. The van der Waals surface area contributed by atoms with Crippen LogP contribution in [0.2, 0.25) is 0 Å². The molecule has 158 valence electrons. The van der Waals surface area contributed by atoms with E-state index in [1.165, 1.54) is 49.4 Å². The van der Waals surface area contributed by atoms with Crippen molar-refractivity contribution in [1.29, 1.82) is 0 Å². The van der Waals surface area contributed by atoms with E-state index in [1.54, 1.807) is 0 Å². The van der Waals surface area contributed by atoms with E-state index in [2.05, 4.69) is 144 Å². The number of hydrogen-bond acceptors (Lipinski definition) is 0. The van der Waals surface area contributed by atoms with E-state index < -0.39 is 0 Å². The van der Waals surface area contributed by atoms with E-state index in [1.807, 2.05) is 0 Å². The van der Waals surface area contributed by atoms with E-state index in [9.17, 15) is 0 Å². The lowest BCUT2D eigenvalue weighted by molar-refractivity contribution is 0.594. The van der Waals surface area contributed by atoms with Gasteiger partial charge in [0.2, 0.25) is 0 Å². The Labute approximate surface area is 206 Å². The molecule has 0 unspecified atom stereocenters. The number of rotatable bonds is 2. The topological polar surface area (TPSA) is 0 Å². The second-order valence-corrected chi connectivity index (χ2v) is 11.2. The molecule has 5 rings (SSSR count). The summed E-state index contributed by atoms with van der Waals surface area (Å²) in [4.78, 5) is 0. The van der Waals surface area contributed by atoms with Crippen molar-refractivity contribution >= 4 is 53.4 Å². The summed E-state index contributed by atoms with van der Waals surface area (Å²) in [6, 6.07) is 33.2. The Morgan fingerprint density at radius 3 is 1.66 bits per heavy atom. The second kappa shape index (κ2) is 8.17. The van der Waals surface area contributed by atoms with Gasteiger partial charge in [-0.1, -0.05) is 101 Å². The van der Waals surface area contributed by atoms with Crippen LogP contribution in [0.5, 0.6) is 0 Å². The molecule has 0 heterocycles. The average Bonchev–Trinajstić information content (AvgIpc) is 2.77. The number of halogens is 2. The third kappa shape index (κ3) is 3.91. The molecular weight excluding hydrogens is 520 g/mol. The van der Waals surface area contributed by atoms with Gasteiger partial charge in [-0.25, -0.2) is 0 Å². The maximum Gasteiger partial charge on any atom is 0.0175 e. The molecule has 0 saturated heterocycles. The molecule has 32 heavy (non-hydrogen) atoms. The molecule has 0 spiro atoms. The predicted octanol–water partition coefficient (Wildman–Crippen LogP) is 10.1. The van der Waals surface area contributed by atoms with E-state index >= 15 is 0 Å². The zero-order valence-corrected chi connectivity index (χ0v) is 21.6. The second-order valence-electron chi connectivity index (χ2n) is 9.36. The Kier molecular flexibility index (Phi) is 5.47. The van der Waals surface area contributed by atoms with E-state index in [-0.39, 0.29) is 5.41 Å². The van der Waals surface area contributed by atoms with Gasteiger partial charge in [0.05, 0.1) is 0 Å². The van der Waals surface area contributed by atoms with Crippen molar-refractivity contribution in [3.63, 3.8) is 0 Å². The molecular formula is C30H24Br2. The fourth-order valence-corrected chi connectivity index (χ4v) is 5.17. The van der Waals surface area contributed by atoms with E-state index in [0.29, 0.717) is 0 Å². The van der Waals surface area contributed by atoms with Crippen molar-refractivity contribution < 1.29 is 0 Å². The number of benzene rings is 5. The maximum absolute atomic E-state index is 3.61. The van der Waals surface area contributed by atoms with Crippen LogP contribution in [0.3, 0.4) is 0 Å². The average molecular weight is 544 g/mol. The molecule has 0 aliphatic rings. The molecule has 0 amide bonds. The highest BCUT2D eigenvalue weighted by molar-refractivity contribution is 9.10. The lowest BCUT2D eigenvalue weighted by Gasteiger charge is -2.29. The highest BCUT2D eigenvalue weighted by Gasteiger charge is 2.26. The van der Waals surface area contributed by atoms with Gasteiger partial charge in [-0.15, -0.1) is 0 Å². The molecule has 0 saturated carbocycles. The predicted molar refractivity (Wildman–Crippen MR) is 146 cm³/mol. The Morgan fingerprint density at radius 1 is 0.562 bits per heavy atom. The Morgan fingerprint density at radius 2 is 1.09 bits per heavy atom. The van der Waals surface area contributed by atoms with Crippen LogP contribution in [0, 0.1) is 0 Å². The summed E-state index contributed by atoms with van der Waals surface area (Å²) in [6.45, 7) is 6.96. The molecule has 0 aromatic heterocycles. The zero-order valence-electron chi connectivity index (χ0n) is 18.4. The third-order valence-corrected chi connectivity index (χ3v) is 7.10. The van der Waals surface area contributed by atoms with Crippen LogP contribution < -0.4 is 0 Å². The summed E-state index contributed by atoms with van der Waals surface area (Å²) in [5, 5.41) is 5.12. The van der Waals surface area contributed by atoms with Crippen molar-refractivity contribution in [2.45, 2.75) is 26.2 Å². The van der Waals surface area contributed by atoms with Gasteiger partial charge in [-0.3, -0.25) is 0 Å². The van der Waals surface area contributed by atoms with Crippen LogP contribution in [-0.4, -0.2) is 0 Å². The third-order valence-electron chi connectivity index (χ3n) is 6.04. The van der Waals surface area contributed by atoms with Crippen molar-refractivity contribution in [3.05, 3.63) is 106 Å². The molecule has 0 aliphatic heterocycles. The molecule has 2 heteroatoms. The largest absolute Gasteiger partial charge is 0.0616 e. The van der Waals surface area contributed by atoms with Gasteiger partial charge >= 0.3 is 0 Å². The van der Waals surface area contributed by atoms with Crippen LogP contribution >= 0.6 is 31.9 Å². The number of fused-ring (bicyclic) bond motifs is 2. The fraction of sp³-hybridized carbons (Fsp3) is 0.133. The lowest BCUT2D eigenvalue weighted by Crippen LogP contribution is -2.15. The van der Waals surface area contributed by atoms with E-state index in [4.69, 9.17) is 0 Å². The normalized spacial score (nSPS) is 11.9. The van der Waals surface area contributed by atoms with Gasteiger partial charge in [0.15, 0.2) is 0 Å². The smallest absolute Gasteiger partial charge is 0.0175 e. The van der Waals surface area contributed by atoms with Gasteiger partial charge in [-0.05, 0) is 97.2 Å². The molecule has 0 radical (unpaired) electrons. The molecule has 0 aliphatic carbocycles. The molecule has 0 fully saturated rings. The first-order valence-electron chi connectivity index (χ1n) is 10.8. The van der Waals surface area contributed by atoms with Gasteiger partial charge < -0.3 is 0 Å². The summed E-state index contributed by atoms with van der Waals surface area (Å²) < 4.78 is 2.19. The van der Waals surface area contributed by atoms with Crippen LogP contribution in [0.15, 0.2) is 99.9 Å². The first-order chi connectivity index (χ1) is 15.3. The molecule has 0 N–H and O–H groups in total. The maximum atomic E-state index is 3.61. The first-order valence-corrected chi connectivity index (χ1v) is 12.4. The fourth-order valence-electron chi connectivity index (χ4n) is 4.64. The van der Waals surface area contributed by atoms with Crippen molar-refractivity contribution in [2.24, 2.45) is 0 Å². The molecule has 0 atom stereocenters. The van der Waals surface area contributed by atoms with Crippen molar-refractivity contribution in [2.75, 3.05) is 0 Å². The number of hydrogen-bond donors (Lipinski definition) is 0. The first kappa shape index (κ1) is 21.4. The summed E-state index contributed by atoms with van der Waals surface area (Å²) in [5.74, 6) is 0.